The molecule has 1 aromatic rings. The maximum absolute atomic E-state index is 4.45. The molecule has 2 rings (SSSR count). The Hall–Kier alpha value is -0.700. The summed E-state index contributed by atoms with van der Waals surface area (Å²) in [6, 6.07) is 4.10. The summed E-state index contributed by atoms with van der Waals surface area (Å²) < 4.78 is 0. The first kappa shape index (κ1) is 9.84. The Bertz CT molecular complexity index is 295. The number of aromatic nitrogens is 1. The van der Waals surface area contributed by atoms with E-state index in [1.54, 1.807) is 0 Å². The second kappa shape index (κ2) is 4.69. The average molecular weight is 208 g/mol. The molecule has 1 aliphatic heterocycles. The lowest BCUT2D eigenvalue weighted by molar-refractivity contribution is 0.572. The van der Waals surface area contributed by atoms with Crippen LogP contribution < -0.4 is 4.90 Å². The van der Waals surface area contributed by atoms with E-state index >= 15 is 0 Å². The molecule has 2 heterocycles. The molecular weight excluding hydrogens is 192 g/mol. The molecule has 0 spiro atoms. The molecule has 1 aromatic heterocycles. The summed E-state index contributed by atoms with van der Waals surface area (Å²) in [6.45, 7) is 2.30. The third-order valence-corrected chi connectivity index (χ3v) is 3.03. The fraction of sp³-hybridized carbons (Fsp3) is 0.545. The molecule has 1 aliphatic rings. The van der Waals surface area contributed by atoms with Gasteiger partial charge in [0.2, 0.25) is 0 Å². The number of piperidine rings is 1. The van der Waals surface area contributed by atoms with Crippen LogP contribution in [0, 0.1) is 0 Å². The number of rotatable bonds is 2. The van der Waals surface area contributed by atoms with Gasteiger partial charge in [0, 0.05) is 30.6 Å². The van der Waals surface area contributed by atoms with Gasteiger partial charge in [-0.15, -0.1) is 0 Å². The Morgan fingerprint density at radius 3 is 2.79 bits per heavy atom. The van der Waals surface area contributed by atoms with Gasteiger partial charge < -0.3 is 4.90 Å². The SMILES string of the molecule is SCc1cccnc1N1CCCCC1. The standard InChI is InChI=1S/C11H16N2S/c14-9-10-5-4-6-12-11(10)13-7-2-1-3-8-13/h4-6,14H,1-3,7-9H2. The van der Waals surface area contributed by atoms with Crippen LogP contribution in [0.4, 0.5) is 5.82 Å². The molecule has 0 bridgehead atoms. The third-order valence-electron chi connectivity index (χ3n) is 2.69. The van der Waals surface area contributed by atoms with Crippen molar-refractivity contribution in [3.05, 3.63) is 23.9 Å². The van der Waals surface area contributed by atoms with Gasteiger partial charge >= 0.3 is 0 Å². The van der Waals surface area contributed by atoms with Crippen molar-refractivity contribution >= 4 is 18.4 Å². The number of thiol groups is 1. The van der Waals surface area contributed by atoms with Crippen molar-refractivity contribution in [1.82, 2.24) is 4.98 Å². The Morgan fingerprint density at radius 1 is 1.29 bits per heavy atom. The Morgan fingerprint density at radius 2 is 2.07 bits per heavy atom. The van der Waals surface area contributed by atoms with Crippen LogP contribution in [-0.4, -0.2) is 18.1 Å². The van der Waals surface area contributed by atoms with Gasteiger partial charge in [0.05, 0.1) is 0 Å². The zero-order chi connectivity index (χ0) is 9.80. The van der Waals surface area contributed by atoms with Crippen LogP contribution >= 0.6 is 12.6 Å². The fourth-order valence-corrected chi connectivity index (χ4v) is 2.19. The highest BCUT2D eigenvalue weighted by molar-refractivity contribution is 7.79. The molecule has 1 saturated heterocycles. The molecule has 0 amide bonds. The molecule has 2 nitrogen and oxygen atoms in total. The van der Waals surface area contributed by atoms with Crippen molar-refractivity contribution in [3.63, 3.8) is 0 Å². The quantitative estimate of drug-likeness (QED) is 0.752. The predicted molar refractivity (Wildman–Crippen MR) is 63.0 cm³/mol. The maximum atomic E-state index is 4.45. The molecule has 76 valence electrons. The lowest BCUT2D eigenvalue weighted by Gasteiger charge is -2.29. The van der Waals surface area contributed by atoms with Gasteiger partial charge in [-0.3, -0.25) is 0 Å². The number of pyridine rings is 1. The van der Waals surface area contributed by atoms with E-state index in [0.29, 0.717) is 0 Å². The van der Waals surface area contributed by atoms with E-state index < -0.39 is 0 Å². The molecule has 0 radical (unpaired) electrons. The maximum Gasteiger partial charge on any atom is 0.132 e. The molecular formula is C11H16N2S. The average Bonchev–Trinajstić information content (AvgIpc) is 2.30. The monoisotopic (exact) mass is 208 g/mol. The summed E-state index contributed by atoms with van der Waals surface area (Å²) in [4.78, 5) is 6.83. The minimum Gasteiger partial charge on any atom is -0.356 e. The zero-order valence-electron chi connectivity index (χ0n) is 8.32. The van der Waals surface area contributed by atoms with E-state index in [2.05, 4.69) is 28.6 Å². The molecule has 0 saturated carbocycles. The third kappa shape index (κ3) is 2.03. The smallest absolute Gasteiger partial charge is 0.132 e. The Labute approximate surface area is 90.7 Å². The minimum atomic E-state index is 0.777. The number of nitrogens with zero attached hydrogens (tertiary/aromatic N) is 2. The summed E-state index contributed by atoms with van der Waals surface area (Å²) >= 11 is 4.33. The van der Waals surface area contributed by atoms with E-state index in [1.165, 1.54) is 24.8 Å². The van der Waals surface area contributed by atoms with Crippen molar-refractivity contribution in [1.29, 1.82) is 0 Å². The van der Waals surface area contributed by atoms with Gasteiger partial charge in [-0.1, -0.05) is 6.07 Å². The first-order valence-corrected chi connectivity index (χ1v) is 5.85. The first-order chi connectivity index (χ1) is 6.92. The summed E-state index contributed by atoms with van der Waals surface area (Å²) in [5.74, 6) is 1.92. The van der Waals surface area contributed by atoms with Gasteiger partial charge in [-0.2, -0.15) is 12.6 Å². The van der Waals surface area contributed by atoms with Crippen LogP contribution in [0.15, 0.2) is 18.3 Å². The van der Waals surface area contributed by atoms with Gasteiger partial charge in [0.1, 0.15) is 5.82 Å². The van der Waals surface area contributed by atoms with Crippen molar-refractivity contribution < 1.29 is 0 Å². The lowest BCUT2D eigenvalue weighted by Crippen LogP contribution is -2.30. The second-order valence-electron chi connectivity index (χ2n) is 3.69. The highest BCUT2D eigenvalue weighted by Gasteiger charge is 2.14. The molecule has 0 N–H and O–H groups in total. The molecule has 0 aliphatic carbocycles. The molecule has 0 unspecified atom stereocenters. The van der Waals surface area contributed by atoms with Gasteiger partial charge in [0.15, 0.2) is 0 Å². The summed E-state index contributed by atoms with van der Waals surface area (Å²) in [6.07, 6.45) is 5.82. The molecule has 0 aromatic carbocycles. The number of anilines is 1. The van der Waals surface area contributed by atoms with Gasteiger partial charge in [-0.05, 0) is 25.3 Å². The van der Waals surface area contributed by atoms with E-state index in [4.69, 9.17) is 0 Å². The van der Waals surface area contributed by atoms with E-state index in [0.717, 1.165) is 24.7 Å². The Kier molecular flexibility index (Phi) is 3.30. The van der Waals surface area contributed by atoms with Crippen LogP contribution in [0.1, 0.15) is 24.8 Å². The number of hydrogen-bond donors (Lipinski definition) is 1. The summed E-state index contributed by atoms with van der Waals surface area (Å²) in [5, 5.41) is 0. The van der Waals surface area contributed by atoms with Crippen LogP contribution in [0.2, 0.25) is 0 Å². The Balaban J connectivity index is 2.20. The van der Waals surface area contributed by atoms with E-state index in [1.807, 2.05) is 12.3 Å². The lowest BCUT2D eigenvalue weighted by atomic mass is 10.1. The first-order valence-electron chi connectivity index (χ1n) is 5.21. The van der Waals surface area contributed by atoms with Gasteiger partial charge in [-0.25, -0.2) is 4.98 Å². The van der Waals surface area contributed by atoms with Crippen LogP contribution in [0.3, 0.4) is 0 Å². The normalized spacial score (nSPS) is 17.1. The fourth-order valence-electron chi connectivity index (χ4n) is 1.94. The number of hydrogen-bond acceptors (Lipinski definition) is 3. The highest BCUT2D eigenvalue weighted by atomic mass is 32.1. The topological polar surface area (TPSA) is 16.1 Å². The van der Waals surface area contributed by atoms with Crippen molar-refractivity contribution in [2.45, 2.75) is 25.0 Å². The molecule has 3 heteroatoms. The second-order valence-corrected chi connectivity index (χ2v) is 4.01. The van der Waals surface area contributed by atoms with Crippen molar-refractivity contribution in [2.75, 3.05) is 18.0 Å². The largest absolute Gasteiger partial charge is 0.356 e. The molecule has 0 atom stereocenters. The van der Waals surface area contributed by atoms with Crippen LogP contribution in [0.5, 0.6) is 0 Å². The molecule has 1 fully saturated rings. The minimum absolute atomic E-state index is 0.777. The van der Waals surface area contributed by atoms with Crippen LogP contribution in [0.25, 0.3) is 0 Å². The summed E-state index contributed by atoms with van der Waals surface area (Å²) in [7, 11) is 0. The van der Waals surface area contributed by atoms with Crippen LogP contribution in [-0.2, 0) is 5.75 Å². The predicted octanol–water partition coefficient (Wildman–Crippen LogP) is 2.50. The summed E-state index contributed by atoms with van der Waals surface area (Å²) in [5.41, 5.74) is 1.25. The van der Waals surface area contributed by atoms with Crippen molar-refractivity contribution in [3.8, 4) is 0 Å². The van der Waals surface area contributed by atoms with E-state index in [9.17, 15) is 0 Å². The zero-order valence-corrected chi connectivity index (χ0v) is 9.21. The van der Waals surface area contributed by atoms with Crippen molar-refractivity contribution in [2.24, 2.45) is 0 Å². The highest BCUT2D eigenvalue weighted by Crippen LogP contribution is 2.22. The van der Waals surface area contributed by atoms with E-state index in [-0.39, 0.29) is 0 Å². The molecule has 14 heavy (non-hydrogen) atoms. The van der Waals surface area contributed by atoms with Gasteiger partial charge in [0.25, 0.3) is 0 Å².